The van der Waals surface area contributed by atoms with Crippen LogP contribution < -0.4 is 15.4 Å². The largest absolute Gasteiger partial charge is 0.483 e. The quantitative estimate of drug-likeness (QED) is 0.648. The van der Waals surface area contributed by atoms with Crippen LogP contribution >= 0.6 is 0 Å². The van der Waals surface area contributed by atoms with E-state index in [1.54, 1.807) is 7.11 Å². The minimum Gasteiger partial charge on any atom is -0.483 e. The molecule has 0 atom stereocenters. The number of carbonyl (C=O) groups is 1. The lowest BCUT2D eigenvalue weighted by atomic mass is 10.0. The van der Waals surface area contributed by atoms with Gasteiger partial charge in [-0.25, -0.2) is 0 Å². The number of ether oxygens (including phenoxy) is 2. The fourth-order valence-corrected chi connectivity index (χ4v) is 2.03. The predicted octanol–water partition coefficient (Wildman–Crippen LogP) is 1.85. The first kappa shape index (κ1) is 18.5. The van der Waals surface area contributed by atoms with Crippen molar-refractivity contribution in [3.8, 4) is 5.75 Å². The number of methoxy groups -OCH3 is 1. The molecule has 5 nitrogen and oxygen atoms in total. The SMILES string of the molecule is COCCNCCNC(=O)COc1cc(C)ccc1C(C)C. The molecule has 0 aliphatic carbocycles. The van der Waals surface area contributed by atoms with Crippen molar-refractivity contribution >= 4 is 5.91 Å². The number of rotatable bonds is 10. The summed E-state index contributed by atoms with van der Waals surface area (Å²) in [6, 6.07) is 6.11. The van der Waals surface area contributed by atoms with Gasteiger partial charge in [-0.3, -0.25) is 4.79 Å². The molecule has 5 heteroatoms. The van der Waals surface area contributed by atoms with Crippen LogP contribution in [0.3, 0.4) is 0 Å². The summed E-state index contributed by atoms with van der Waals surface area (Å²) in [6.07, 6.45) is 0. The molecule has 0 unspecified atom stereocenters. The zero-order chi connectivity index (χ0) is 16.4. The molecule has 22 heavy (non-hydrogen) atoms. The summed E-state index contributed by atoms with van der Waals surface area (Å²) in [5.74, 6) is 1.05. The van der Waals surface area contributed by atoms with Gasteiger partial charge in [0.1, 0.15) is 5.75 Å². The Kier molecular flexibility index (Phi) is 8.55. The molecular weight excluding hydrogens is 280 g/mol. The molecule has 0 fully saturated rings. The summed E-state index contributed by atoms with van der Waals surface area (Å²) in [5.41, 5.74) is 2.25. The third kappa shape index (κ3) is 6.91. The summed E-state index contributed by atoms with van der Waals surface area (Å²) >= 11 is 0. The van der Waals surface area contributed by atoms with Crippen LogP contribution in [0, 0.1) is 6.92 Å². The second kappa shape index (κ2) is 10.2. The molecule has 0 saturated carbocycles. The Balaban J connectivity index is 2.33. The first-order valence-electron chi connectivity index (χ1n) is 7.74. The number of amides is 1. The van der Waals surface area contributed by atoms with Gasteiger partial charge in [0, 0.05) is 26.7 Å². The summed E-state index contributed by atoms with van der Waals surface area (Å²) in [5, 5.41) is 5.99. The second-order valence-corrected chi connectivity index (χ2v) is 5.58. The van der Waals surface area contributed by atoms with E-state index >= 15 is 0 Å². The van der Waals surface area contributed by atoms with E-state index in [0.29, 0.717) is 19.1 Å². The van der Waals surface area contributed by atoms with Crippen LogP contribution in [0.1, 0.15) is 30.9 Å². The van der Waals surface area contributed by atoms with E-state index in [1.165, 1.54) is 0 Å². The fraction of sp³-hybridized carbons (Fsp3) is 0.588. The maximum atomic E-state index is 11.8. The lowest BCUT2D eigenvalue weighted by Crippen LogP contribution is -2.35. The van der Waals surface area contributed by atoms with Crippen molar-refractivity contribution in [2.45, 2.75) is 26.7 Å². The van der Waals surface area contributed by atoms with Crippen LogP contribution in [-0.2, 0) is 9.53 Å². The Labute approximate surface area is 133 Å². The zero-order valence-corrected chi connectivity index (χ0v) is 14.1. The third-order valence-corrected chi connectivity index (χ3v) is 3.26. The molecule has 0 saturated heterocycles. The molecule has 1 amide bonds. The van der Waals surface area contributed by atoms with Crippen molar-refractivity contribution < 1.29 is 14.3 Å². The molecule has 2 N–H and O–H groups in total. The summed E-state index contributed by atoms with van der Waals surface area (Å²) in [7, 11) is 1.66. The van der Waals surface area contributed by atoms with Crippen LogP contribution in [-0.4, -0.2) is 45.9 Å². The highest BCUT2D eigenvalue weighted by Crippen LogP contribution is 2.27. The lowest BCUT2D eigenvalue weighted by molar-refractivity contribution is -0.123. The molecule has 0 aliphatic rings. The average molecular weight is 308 g/mol. The van der Waals surface area contributed by atoms with E-state index in [0.717, 1.165) is 30.0 Å². The Bertz CT molecular complexity index is 461. The molecule has 1 aromatic carbocycles. The van der Waals surface area contributed by atoms with Gasteiger partial charge in [0.2, 0.25) is 0 Å². The summed E-state index contributed by atoms with van der Waals surface area (Å²) in [4.78, 5) is 11.8. The van der Waals surface area contributed by atoms with Crippen molar-refractivity contribution in [2.75, 3.05) is 40.0 Å². The van der Waals surface area contributed by atoms with E-state index in [1.807, 2.05) is 13.0 Å². The van der Waals surface area contributed by atoms with Crippen LogP contribution in [0.15, 0.2) is 18.2 Å². The minimum atomic E-state index is -0.107. The number of hydrogen-bond donors (Lipinski definition) is 2. The molecule has 0 spiro atoms. The fourth-order valence-electron chi connectivity index (χ4n) is 2.03. The molecule has 0 aliphatic heterocycles. The van der Waals surface area contributed by atoms with Gasteiger partial charge in [0.15, 0.2) is 6.61 Å². The van der Waals surface area contributed by atoms with E-state index in [9.17, 15) is 4.79 Å². The Morgan fingerprint density at radius 1 is 1.23 bits per heavy atom. The van der Waals surface area contributed by atoms with Gasteiger partial charge in [-0.15, -0.1) is 0 Å². The predicted molar refractivity (Wildman–Crippen MR) is 88.5 cm³/mol. The number of benzene rings is 1. The average Bonchev–Trinajstić information content (AvgIpc) is 2.48. The molecule has 124 valence electrons. The molecule has 1 rings (SSSR count). The standard InChI is InChI=1S/C17H28N2O3/c1-13(2)15-6-5-14(3)11-16(15)22-12-17(20)19-8-7-18-9-10-21-4/h5-6,11,13,18H,7-10,12H2,1-4H3,(H,19,20). The number of aryl methyl sites for hydroxylation is 1. The van der Waals surface area contributed by atoms with Gasteiger partial charge in [0.05, 0.1) is 6.61 Å². The Morgan fingerprint density at radius 3 is 2.68 bits per heavy atom. The van der Waals surface area contributed by atoms with Gasteiger partial charge in [-0.1, -0.05) is 26.0 Å². The smallest absolute Gasteiger partial charge is 0.257 e. The Morgan fingerprint density at radius 2 is 2.00 bits per heavy atom. The van der Waals surface area contributed by atoms with Gasteiger partial charge in [-0.2, -0.15) is 0 Å². The summed E-state index contributed by atoms with van der Waals surface area (Å²) < 4.78 is 10.6. The highest BCUT2D eigenvalue weighted by molar-refractivity contribution is 5.77. The van der Waals surface area contributed by atoms with Crippen LogP contribution in [0.4, 0.5) is 0 Å². The highest BCUT2D eigenvalue weighted by Gasteiger charge is 2.10. The van der Waals surface area contributed by atoms with E-state index in [-0.39, 0.29) is 12.5 Å². The van der Waals surface area contributed by atoms with E-state index in [4.69, 9.17) is 9.47 Å². The van der Waals surface area contributed by atoms with Gasteiger partial charge >= 0.3 is 0 Å². The van der Waals surface area contributed by atoms with Crippen molar-refractivity contribution in [2.24, 2.45) is 0 Å². The van der Waals surface area contributed by atoms with Crippen molar-refractivity contribution in [1.29, 1.82) is 0 Å². The van der Waals surface area contributed by atoms with Gasteiger partial charge in [-0.05, 0) is 30.0 Å². The van der Waals surface area contributed by atoms with Crippen molar-refractivity contribution in [3.05, 3.63) is 29.3 Å². The van der Waals surface area contributed by atoms with Crippen LogP contribution in [0.2, 0.25) is 0 Å². The topological polar surface area (TPSA) is 59.6 Å². The number of nitrogens with one attached hydrogen (secondary N) is 2. The molecule has 0 aromatic heterocycles. The van der Waals surface area contributed by atoms with E-state index < -0.39 is 0 Å². The normalized spacial score (nSPS) is 10.8. The zero-order valence-electron chi connectivity index (χ0n) is 14.1. The molecule has 0 heterocycles. The minimum absolute atomic E-state index is 0.0429. The van der Waals surface area contributed by atoms with Crippen LogP contribution in [0.25, 0.3) is 0 Å². The van der Waals surface area contributed by atoms with Gasteiger partial charge in [0.25, 0.3) is 5.91 Å². The third-order valence-electron chi connectivity index (χ3n) is 3.26. The maximum absolute atomic E-state index is 11.8. The lowest BCUT2D eigenvalue weighted by Gasteiger charge is -2.15. The molecule has 1 aromatic rings. The van der Waals surface area contributed by atoms with Crippen molar-refractivity contribution in [1.82, 2.24) is 10.6 Å². The highest BCUT2D eigenvalue weighted by atomic mass is 16.5. The molecule has 0 bridgehead atoms. The maximum Gasteiger partial charge on any atom is 0.257 e. The monoisotopic (exact) mass is 308 g/mol. The van der Waals surface area contributed by atoms with Crippen molar-refractivity contribution in [3.63, 3.8) is 0 Å². The first-order valence-corrected chi connectivity index (χ1v) is 7.74. The summed E-state index contributed by atoms with van der Waals surface area (Å²) in [6.45, 7) is 9.04. The molecule has 0 radical (unpaired) electrons. The van der Waals surface area contributed by atoms with Gasteiger partial charge < -0.3 is 20.1 Å². The first-order chi connectivity index (χ1) is 10.5. The Hall–Kier alpha value is -1.59. The van der Waals surface area contributed by atoms with Crippen LogP contribution in [0.5, 0.6) is 5.75 Å². The number of hydrogen-bond acceptors (Lipinski definition) is 4. The molecular formula is C17H28N2O3. The second-order valence-electron chi connectivity index (χ2n) is 5.58. The van der Waals surface area contributed by atoms with E-state index in [2.05, 4.69) is 36.6 Å². The number of carbonyl (C=O) groups excluding carboxylic acids is 1.